The molecule has 0 spiro atoms. The average Bonchev–Trinajstić information content (AvgIpc) is 2.92. The summed E-state index contributed by atoms with van der Waals surface area (Å²) in [7, 11) is 0. The zero-order chi connectivity index (χ0) is 20.4. The second-order valence-electron chi connectivity index (χ2n) is 11.2. The Morgan fingerprint density at radius 3 is 2.25 bits per heavy atom. The van der Waals surface area contributed by atoms with E-state index in [2.05, 4.69) is 20.8 Å². The summed E-state index contributed by atoms with van der Waals surface area (Å²) in [6, 6.07) is 0. The molecule has 4 nitrogen and oxygen atoms in total. The number of carbonyl (C=O) groups is 2. The lowest BCUT2D eigenvalue weighted by Gasteiger charge is -2.65. The van der Waals surface area contributed by atoms with Crippen LogP contribution < -0.4 is 0 Å². The topological polar surface area (TPSA) is 63.6 Å². The lowest BCUT2D eigenvalue weighted by atomic mass is 9.40. The number of rotatable bonds is 3. The highest BCUT2D eigenvalue weighted by atomic mass is 16.5. The lowest BCUT2D eigenvalue weighted by Crippen LogP contribution is -2.60. The van der Waals surface area contributed by atoms with E-state index < -0.39 is 11.6 Å². The summed E-state index contributed by atoms with van der Waals surface area (Å²) in [6.07, 6.45) is 11.4. The maximum Gasteiger partial charge on any atom is 0.303 e. The van der Waals surface area contributed by atoms with Crippen LogP contribution in [0.3, 0.4) is 0 Å². The van der Waals surface area contributed by atoms with Gasteiger partial charge in [0.25, 0.3) is 0 Å². The first-order valence-corrected chi connectivity index (χ1v) is 11.5. The molecule has 0 saturated heterocycles. The van der Waals surface area contributed by atoms with Gasteiger partial charge in [-0.2, -0.15) is 0 Å². The summed E-state index contributed by atoms with van der Waals surface area (Å²) in [5.74, 6) is 0.981. The van der Waals surface area contributed by atoms with Gasteiger partial charge in [0.2, 0.25) is 5.78 Å². The van der Waals surface area contributed by atoms with Crippen molar-refractivity contribution in [1.29, 1.82) is 0 Å². The SMILES string of the molecule is CC(=O)OCC(=O)[C@@]1(O)CCC2C3CC[C@@]4(C)CCCCC4(C)C3CCC21C. The summed E-state index contributed by atoms with van der Waals surface area (Å²) in [6.45, 7) is 8.25. The minimum Gasteiger partial charge on any atom is -0.458 e. The third-order valence-electron chi connectivity index (χ3n) is 10.4. The number of aliphatic hydroxyl groups is 1. The van der Waals surface area contributed by atoms with Gasteiger partial charge in [0.05, 0.1) is 0 Å². The molecule has 0 aromatic carbocycles. The molecule has 4 rings (SSSR count). The van der Waals surface area contributed by atoms with Gasteiger partial charge in [0.15, 0.2) is 6.61 Å². The molecule has 4 aliphatic carbocycles. The van der Waals surface area contributed by atoms with Crippen molar-refractivity contribution < 1.29 is 19.4 Å². The van der Waals surface area contributed by atoms with Crippen LogP contribution in [-0.2, 0) is 14.3 Å². The molecule has 0 amide bonds. The Balaban J connectivity index is 1.60. The highest BCUT2D eigenvalue weighted by Gasteiger charge is 2.67. The Kier molecular flexibility index (Phi) is 4.77. The van der Waals surface area contributed by atoms with Crippen LogP contribution in [0, 0.1) is 34.0 Å². The van der Waals surface area contributed by atoms with E-state index in [1.807, 2.05) is 0 Å². The second kappa shape index (κ2) is 6.55. The van der Waals surface area contributed by atoms with Crippen LogP contribution in [0.1, 0.15) is 91.9 Å². The van der Waals surface area contributed by atoms with Crippen LogP contribution in [-0.4, -0.2) is 29.1 Å². The molecule has 28 heavy (non-hydrogen) atoms. The van der Waals surface area contributed by atoms with Gasteiger partial charge in [-0.15, -0.1) is 0 Å². The minimum atomic E-state index is -1.34. The molecule has 1 N–H and O–H groups in total. The van der Waals surface area contributed by atoms with Crippen molar-refractivity contribution in [2.45, 2.75) is 97.5 Å². The molecule has 4 fully saturated rings. The van der Waals surface area contributed by atoms with Crippen molar-refractivity contribution in [3.63, 3.8) is 0 Å². The van der Waals surface area contributed by atoms with Gasteiger partial charge >= 0.3 is 5.97 Å². The molecular formula is C24H38O4. The number of carbonyl (C=O) groups excluding carboxylic acids is 2. The van der Waals surface area contributed by atoms with Gasteiger partial charge in [-0.05, 0) is 80.0 Å². The van der Waals surface area contributed by atoms with Gasteiger partial charge in [-0.3, -0.25) is 9.59 Å². The van der Waals surface area contributed by atoms with E-state index in [9.17, 15) is 14.7 Å². The zero-order valence-corrected chi connectivity index (χ0v) is 18.2. The van der Waals surface area contributed by atoms with E-state index in [1.165, 1.54) is 45.4 Å². The molecule has 0 radical (unpaired) electrons. The second-order valence-corrected chi connectivity index (χ2v) is 11.2. The molecule has 4 heteroatoms. The third kappa shape index (κ3) is 2.58. The molecule has 0 heterocycles. The molecule has 0 aromatic rings. The highest BCUT2D eigenvalue weighted by molar-refractivity contribution is 5.90. The van der Waals surface area contributed by atoms with Gasteiger partial charge in [-0.25, -0.2) is 0 Å². The predicted molar refractivity (Wildman–Crippen MR) is 108 cm³/mol. The molecule has 7 atom stereocenters. The number of hydrogen-bond donors (Lipinski definition) is 1. The van der Waals surface area contributed by atoms with Crippen molar-refractivity contribution in [3.8, 4) is 0 Å². The summed E-state index contributed by atoms with van der Waals surface area (Å²) in [5.41, 5.74) is -0.866. The van der Waals surface area contributed by atoms with E-state index in [1.54, 1.807) is 0 Å². The third-order valence-corrected chi connectivity index (χ3v) is 10.4. The fourth-order valence-corrected chi connectivity index (χ4v) is 8.37. The minimum absolute atomic E-state index is 0.294. The van der Waals surface area contributed by atoms with Gasteiger partial charge in [-0.1, -0.05) is 33.6 Å². The van der Waals surface area contributed by atoms with Gasteiger partial charge in [0, 0.05) is 12.3 Å². The summed E-state index contributed by atoms with van der Waals surface area (Å²) in [4.78, 5) is 24.1. The zero-order valence-electron chi connectivity index (χ0n) is 18.2. The van der Waals surface area contributed by atoms with Crippen LogP contribution in [0.25, 0.3) is 0 Å². The Morgan fingerprint density at radius 2 is 1.54 bits per heavy atom. The summed E-state index contributed by atoms with van der Waals surface area (Å²) < 4.78 is 4.96. The molecule has 0 bridgehead atoms. The Morgan fingerprint density at radius 1 is 0.893 bits per heavy atom. The number of esters is 1. The van der Waals surface area contributed by atoms with E-state index in [-0.39, 0.29) is 17.8 Å². The van der Waals surface area contributed by atoms with Crippen molar-refractivity contribution in [2.24, 2.45) is 34.0 Å². The van der Waals surface area contributed by atoms with Crippen LogP contribution in [0.15, 0.2) is 0 Å². The van der Waals surface area contributed by atoms with Crippen molar-refractivity contribution in [3.05, 3.63) is 0 Å². The fraction of sp³-hybridized carbons (Fsp3) is 0.917. The first-order valence-electron chi connectivity index (χ1n) is 11.5. The molecule has 4 saturated carbocycles. The first-order chi connectivity index (χ1) is 13.1. The summed E-state index contributed by atoms with van der Waals surface area (Å²) >= 11 is 0. The first kappa shape index (κ1) is 20.4. The maximum absolute atomic E-state index is 12.9. The van der Waals surface area contributed by atoms with Crippen molar-refractivity contribution in [2.75, 3.05) is 6.61 Å². The molecule has 5 unspecified atom stereocenters. The van der Waals surface area contributed by atoms with Crippen LogP contribution in [0.5, 0.6) is 0 Å². The van der Waals surface area contributed by atoms with Crippen molar-refractivity contribution in [1.82, 2.24) is 0 Å². The van der Waals surface area contributed by atoms with E-state index in [4.69, 9.17) is 4.74 Å². The Hall–Kier alpha value is -0.900. The van der Waals surface area contributed by atoms with E-state index in [0.717, 1.165) is 25.2 Å². The predicted octanol–water partition coefficient (Wildman–Crippen LogP) is 4.67. The number of fused-ring (bicyclic) bond motifs is 5. The smallest absolute Gasteiger partial charge is 0.303 e. The number of ether oxygens (including phenoxy) is 1. The standard InChI is InChI=1S/C24H38O4/c1-16(25)28-15-20(26)24(27)14-9-19-17-7-12-21(2)10-5-6-11-22(21,3)18(17)8-13-23(19,24)4/h17-19,27H,5-15H2,1-4H3/t17?,18?,19?,21-,22?,23?,24+/m1/s1. The number of ketones is 1. The largest absolute Gasteiger partial charge is 0.458 e. The van der Waals surface area contributed by atoms with Crippen LogP contribution >= 0.6 is 0 Å². The van der Waals surface area contributed by atoms with Crippen molar-refractivity contribution >= 4 is 11.8 Å². The van der Waals surface area contributed by atoms with Crippen LogP contribution in [0.2, 0.25) is 0 Å². The van der Waals surface area contributed by atoms with E-state index in [0.29, 0.717) is 29.1 Å². The van der Waals surface area contributed by atoms with Gasteiger partial charge in [0.1, 0.15) is 5.60 Å². The quantitative estimate of drug-likeness (QED) is 0.711. The van der Waals surface area contributed by atoms with E-state index >= 15 is 0 Å². The molecule has 158 valence electrons. The Bertz CT molecular complexity index is 674. The Labute approximate surface area is 169 Å². The number of Topliss-reactive ketones (excluding diaryl/α,β-unsaturated/α-hetero) is 1. The molecule has 4 aliphatic rings. The monoisotopic (exact) mass is 390 g/mol. The normalized spacial score (nSPS) is 50.2. The highest BCUT2D eigenvalue weighted by Crippen LogP contribution is 2.71. The maximum atomic E-state index is 12.9. The van der Waals surface area contributed by atoms with Gasteiger partial charge < -0.3 is 9.84 Å². The molecular weight excluding hydrogens is 352 g/mol. The fourth-order valence-electron chi connectivity index (χ4n) is 8.37. The lowest BCUT2D eigenvalue weighted by molar-refractivity contribution is -0.184. The molecule has 0 aromatic heterocycles. The number of hydrogen-bond acceptors (Lipinski definition) is 4. The molecule has 0 aliphatic heterocycles. The average molecular weight is 391 g/mol. The van der Waals surface area contributed by atoms with Crippen LogP contribution in [0.4, 0.5) is 0 Å². The summed E-state index contributed by atoms with van der Waals surface area (Å²) in [5, 5.41) is 11.5.